The van der Waals surface area contributed by atoms with Gasteiger partial charge >= 0.3 is 11.9 Å². The fraction of sp³-hybridized carbons (Fsp3) is 0.529. The molecule has 236 valence electrons. The molecule has 1 aliphatic rings. The van der Waals surface area contributed by atoms with Crippen molar-refractivity contribution in [2.45, 2.75) is 83.9 Å². The van der Waals surface area contributed by atoms with Crippen molar-refractivity contribution in [1.29, 1.82) is 0 Å². The SMILES string of the molecule is COC(=O)C(Cc1ccccc1Br)(C(=O)OC)[C@H]1C=C[C@@H](Oc2ccc(C(C)(C)C)cc2)O[C@@H]1CO[Si](C)(C)C(C)(C)C. The Kier molecular flexibility index (Phi) is 11.1. The van der Waals surface area contributed by atoms with Crippen molar-refractivity contribution >= 4 is 36.2 Å². The fourth-order valence-corrected chi connectivity index (χ4v) is 6.37. The van der Waals surface area contributed by atoms with Gasteiger partial charge in [0.05, 0.1) is 26.9 Å². The molecule has 0 fully saturated rings. The number of ether oxygens (including phenoxy) is 4. The summed E-state index contributed by atoms with van der Waals surface area (Å²) >= 11 is 3.58. The summed E-state index contributed by atoms with van der Waals surface area (Å²) in [6, 6.07) is 15.4. The summed E-state index contributed by atoms with van der Waals surface area (Å²) in [5.41, 5.74) is 0.213. The van der Waals surface area contributed by atoms with E-state index in [4.69, 9.17) is 23.4 Å². The average molecular weight is 676 g/mol. The van der Waals surface area contributed by atoms with Crippen molar-refractivity contribution in [2.75, 3.05) is 20.8 Å². The van der Waals surface area contributed by atoms with Crippen LogP contribution >= 0.6 is 15.9 Å². The van der Waals surface area contributed by atoms with Crippen molar-refractivity contribution in [2.24, 2.45) is 11.3 Å². The summed E-state index contributed by atoms with van der Waals surface area (Å²) in [6.07, 6.45) is 2.11. The van der Waals surface area contributed by atoms with Crippen LogP contribution in [-0.4, -0.2) is 53.5 Å². The molecule has 1 aliphatic heterocycles. The zero-order valence-corrected chi connectivity index (χ0v) is 29.7. The van der Waals surface area contributed by atoms with Crippen LogP contribution in [0.3, 0.4) is 0 Å². The van der Waals surface area contributed by atoms with Gasteiger partial charge in [0.1, 0.15) is 5.75 Å². The molecule has 0 amide bonds. The Labute approximate surface area is 266 Å². The van der Waals surface area contributed by atoms with Gasteiger partial charge in [-0.05, 0) is 58.9 Å². The third-order valence-corrected chi connectivity index (χ3v) is 13.9. The number of hydrogen-bond donors (Lipinski definition) is 0. The van der Waals surface area contributed by atoms with E-state index in [2.05, 4.69) is 70.6 Å². The summed E-state index contributed by atoms with van der Waals surface area (Å²) in [4.78, 5) is 27.5. The lowest BCUT2D eigenvalue weighted by atomic mass is 9.68. The lowest BCUT2D eigenvalue weighted by Gasteiger charge is -2.43. The van der Waals surface area contributed by atoms with E-state index in [9.17, 15) is 9.59 Å². The van der Waals surface area contributed by atoms with Gasteiger partial charge in [0.25, 0.3) is 0 Å². The molecule has 0 radical (unpaired) electrons. The van der Waals surface area contributed by atoms with Crippen LogP contribution in [0.5, 0.6) is 5.75 Å². The van der Waals surface area contributed by atoms with Crippen LogP contribution in [0, 0.1) is 11.3 Å². The second kappa shape index (κ2) is 13.7. The van der Waals surface area contributed by atoms with E-state index in [1.807, 2.05) is 54.6 Å². The number of hydrogen-bond acceptors (Lipinski definition) is 7. The van der Waals surface area contributed by atoms with E-state index in [-0.39, 0.29) is 23.5 Å². The van der Waals surface area contributed by atoms with Crippen molar-refractivity contribution in [3.8, 4) is 5.75 Å². The molecule has 0 saturated carbocycles. The molecule has 1 heterocycles. The topological polar surface area (TPSA) is 80.3 Å². The van der Waals surface area contributed by atoms with Gasteiger partial charge in [-0.1, -0.05) is 93.9 Å². The van der Waals surface area contributed by atoms with Gasteiger partial charge in [0, 0.05) is 16.8 Å². The highest BCUT2D eigenvalue weighted by Crippen LogP contribution is 2.44. The van der Waals surface area contributed by atoms with Crippen LogP contribution in [0.15, 0.2) is 65.2 Å². The zero-order valence-electron chi connectivity index (χ0n) is 27.2. The molecule has 0 unspecified atom stereocenters. The minimum absolute atomic E-state index is 0.0119. The van der Waals surface area contributed by atoms with Gasteiger partial charge in [-0.3, -0.25) is 9.59 Å². The van der Waals surface area contributed by atoms with E-state index in [0.717, 1.165) is 10.0 Å². The highest BCUT2D eigenvalue weighted by Gasteiger charge is 2.58. The summed E-state index contributed by atoms with van der Waals surface area (Å²) in [5.74, 6) is -1.54. The smallest absolute Gasteiger partial charge is 0.324 e. The number of halogens is 1. The van der Waals surface area contributed by atoms with Crippen molar-refractivity contribution < 1.29 is 33.0 Å². The number of carbonyl (C=O) groups is 2. The largest absolute Gasteiger partial charge is 0.468 e. The second-order valence-electron chi connectivity index (χ2n) is 13.6. The number of carbonyl (C=O) groups excluding carboxylic acids is 2. The standard InChI is InChI=1S/C34H47BrO7Si/c1-32(2,3)24-15-17-25(18-16-24)41-29-20-19-26(28(42-29)22-40-43(9,10)33(4,5)6)34(30(36)38-7,31(37)39-8)21-23-13-11-12-14-27(23)35/h11-20,26,28-29H,21-22H2,1-10H3/t26-,28+,29-/m0/s1. The molecule has 2 aromatic carbocycles. The van der Waals surface area contributed by atoms with E-state index in [1.165, 1.54) is 19.8 Å². The Morgan fingerprint density at radius 1 is 0.884 bits per heavy atom. The molecule has 0 aliphatic carbocycles. The monoisotopic (exact) mass is 674 g/mol. The summed E-state index contributed by atoms with van der Waals surface area (Å²) < 4.78 is 30.8. The second-order valence-corrected chi connectivity index (χ2v) is 19.3. The molecule has 0 spiro atoms. The van der Waals surface area contributed by atoms with Crippen LogP contribution in [-0.2, 0) is 40.1 Å². The fourth-order valence-electron chi connectivity index (χ4n) is 4.93. The lowest BCUT2D eigenvalue weighted by Crippen LogP contribution is -2.56. The van der Waals surface area contributed by atoms with Crippen LogP contribution in [0.2, 0.25) is 18.1 Å². The van der Waals surface area contributed by atoms with E-state index in [0.29, 0.717) is 5.75 Å². The van der Waals surface area contributed by atoms with Crippen molar-refractivity contribution in [3.63, 3.8) is 0 Å². The molecule has 2 aromatic rings. The Morgan fingerprint density at radius 2 is 1.47 bits per heavy atom. The molecule has 3 atom stereocenters. The van der Waals surface area contributed by atoms with Gasteiger partial charge in [-0.15, -0.1) is 0 Å². The number of esters is 2. The highest BCUT2D eigenvalue weighted by atomic mass is 79.9. The van der Waals surface area contributed by atoms with E-state index < -0.39 is 44.0 Å². The van der Waals surface area contributed by atoms with Crippen LogP contribution in [0.4, 0.5) is 0 Å². The predicted octanol–water partition coefficient (Wildman–Crippen LogP) is 7.62. The molecular weight excluding hydrogens is 628 g/mol. The van der Waals surface area contributed by atoms with E-state index in [1.54, 1.807) is 6.08 Å². The molecule has 3 rings (SSSR count). The summed E-state index contributed by atoms with van der Waals surface area (Å²) in [6.45, 7) is 17.4. The third-order valence-electron chi connectivity index (χ3n) is 8.67. The van der Waals surface area contributed by atoms with Crippen molar-refractivity contribution in [3.05, 3.63) is 76.3 Å². The van der Waals surface area contributed by atoms with Gasteiger partial charge in [0.15, 0.2) is 13.7 Å². The number of benzene rings is 2. The third kappa shape index (κ3) is 7.98. The van der Waals surface area contributed by atoms with Crippen LogP contribution in [0.25, 0.3) is 0 Å². The Hall–Kier alpha value is -2.46. The lowest BCUT2D eigenvalue weighted by molar-refractivity contribution is -0.186. The van der Waals surface area contributed by atoms with Gasteiger partial charge < -0.3 is 23.4 Å². The van der Waals surface area contributed by atoms with Gasteiger partial charge in [-0.2, -0.15) is 0 Å². The highest BCUT2D eigenvalue weighted by molar-refractivity contribution is 9.10. The molecule has 43 heavy (non-hydrogen) atoms. The van der Waals surface area contributed by atoms with E-state index >= 15 is 0 Å². The van der Waals surface area contributed by atoms with Crippen molar-refractivity contribution in [1.82, 2.24) is 0 Å². The Bertz CT molecular complexity index is 1280. The molecule has 7 nitrogen and oxygen atoms in total. The molecule has 0 aromatic heterocycles. The van der Waals surface area contributed by atoms with Crippen LogP contribution < -0.4 is 4.74 Å². The van der Waals surface area contributed by atoms with Crippen LogP contribution in [0.1, 0.15) is 52.7 Å². The number of methoxy groups -OCH3 is 2. The average Bonchev–Trinajstić information content (AvgIpc) is 2.94. The molecule has 0 saturated heterocycles. The minimum atomic E-state index is -2.24. The predicted molar refractivity (Wildman–Crippen MR) is 175 cm³/mol. The molecule has 9 heteroatoms. The molecular formula is C34H47BrO7Si. The van der Waals surface area contributed by atoms with Gasteiger partial charge in [0.2, 0.25) is 6.29 Å². The number of rotatable bonds is 10. The first-order chi connectivity index (χ1) is 20.0. The normalized spacial score (nSPS) is 19.6. The first kappa shape index (κ1) is 35.0. The first-order valence-corrected chi connectivity index (χ1v) is 18.3. The molecule has 0 bridgehead atoms. The summed E-state index contributed by atoms with van der Waals surface area (Å²) in [7, 11) is 0.322. The maximum absolute atomic E-state index is 13.7. The van der Waals surface area contributed by atoms with Gasteiger partial charge in [-0.25, -0.2) is 0 Å². The Morgan fingerprint density at radius 3 is 1.98 bits per heavy atom. The maximum atomic E-state index is 13.7. The zero-order chi connectivity index (χ0) is 32.2. The minimum Gasteiger partial charge on any atom is -0.468 e. The quantitative estimate of drug-likeness (QED) is 0.111. The summed E-state index contributed by atoms with van der Waals surface area (Å²) in [5, 5.41) is -0.0611. The first-order valence-electron chi connectivity index (χ1n) is 14.6. The maximum Gasteiger partial charge on any atom is 0.324 e. The molecule has 0 N–H and O–H groups in total. The Balaban J connectivity index is 2.08.